The second-order valence-electron chi connectivity index (χ2n) is 4.88. The maximum atomic E-state index is 12.2. The fourth-order valence-electron chi connectivity index (χ4n) is 1.85. The predicted molar refractivity (Wildman–Crippen MR) is 71.8 cm³/mol. The van der Waals surface area contributed by atoms with E-state index in [-0.39, 0.29) is 12.1 Å². The van der Waals surface area contributed by atoms with Gasteiger partial charge in [0.15, 0.2) is 0 Å². The van der Waals surface area contributed by atoms with Gasteiger partial charge in [-0.3, -0.25) is 0 Å². The third-order valence-corrected chi connectivity index (χ3v) is 4.79. The number of rotatable bonds is 6. The summed E-state index contributed by atoms with van der Waals surface area (Å²) in [7, 11) is -3.39. The van der Waals surface area contributed by atoms with Gasteiger partial charge in [-0.15, -0.1) is 0 Å². The van der Waals surface area contributed by atoms with Crippen LogP contribution in [0.2, 0.25) is 0 Å². The van der Waals surface area contributed by atoms with Crippen LogP contribution >= 0.6 is 0 Å². The minimum absolute atomic E-state index is 0.00211. The molecular weight excluding hydrogens is 248 g/mol. The van der Waals surface area contributed by atoms with Crippen molar-refractivity contribution in [1.82, 2.24) is 4.72 Å². The fourth-order valence-corrected chi connectivity index (χ4v) is 3.40. The zero-order valence-corrected chi connectivity index (χ0v) is 11.4. The molecule has 1 aliphatic rings. The molecular formula is C13H20N2O2S. The highest BCUT2D eigenvalue weighted by molar-refractivity contribution is 7.89. The van der Waals surface area contributed by atoms with Crippen molar-refractivity contribution in [1.29, 1.82) is 0 Å². The molecule has 0 spiro atoms. The lowest BCUT2D eigenvalue weighted by Crippen LogP contribution is -2.28. The third kappa shape index (κ3) is 3.31. The first kappa shape index (κ1) is 13.5. The summed E-state index contributed by atoms with van der Waals surface area (Å²) in [6.07, 6.45) is 3.31. The Morgan fingerprint density at radius 3 is 2.67 bits per heavy atom. The second-order valence-corrected chi connectivity index (χ2v) is 6.56. The quantitative estimate of drug-likeness (QED) is 0.819. The summed E-state index contributed by atoms with van der Waals surface area (Å²) in [6, 6.07) is 7.24. The van der Waals surface area contributed by atoms with Gasteiger partial charge in [-0.05, 0) is 37.3 Å². The van der Waals surface area contributed by atoms with Crippen molar-refractivity contribution < 1.29 is 8.42 Å². The van der Waals surface area contributed by atoms with Gasteiger partial charge in [0.05, 0.1) is 4.90 Å². The topological polar surface area (TPSA) is 72.2 Å². The van der Waals surface area contributed by atoms with Crippen molar-refractivity contribution in [3.05, 3.63) is 29.8 Å². The zero-order chi connectivity index (χ0) is 13.2. The summed E-state index contributed by atoms with van der Waals surface area (Å²) >= 11 is 0. The normalized spacial score (nSPS) is 17.7. The standard InChI is InChI=1S/C13H20N2O2S/c1-2-11(14)9-10-5-3-4-6-13(10)18(16,17)15-12-7-8-12/h3-6,11-12,15H,2,7-9,14H2,1H3. The van der Waals surface area contributed by atoms with Crippen LogP contribution in [0.15, 0.2) is 29.2 Å². The first-order chi connectivity index (χ1) is 8.53. The number of nitrogens with two attached hydrogens (primary N) is 1. The van der Waals surface area contributed by atoms with E-state index < -0.39 is 10.0 Å². The summed E-state index contributed by atoms with van der Waals surface area (Å²) in [5.41, 5.74) is 6.72. The molecule has 2 rings (SSSR count). The van der Waals surface area contributed by atoms with E-state index in [1.165, 1.54) is 0 Å². The van der Waals surface area contributed by atoms with E-state index in [0.29, 0.717) is 11.3 Å². The minimum atomic E-state index is -3.39. The molecule has 0 aromatic heterocycles. The molecule has 1 aromatic carbocycles. The number of hydrogen-bond donors (Lipinski definition) is 2. The highest BCUT2D eigenvalue weighted by Crippen LogP contribution is 2.24. The van der Waals surface area contributed by atoms with Crippen molar-refractivity contribution in [2.24, 2.45) is 5.73 Å². The predicted octanol–water partition coefficient (Wildman–Crippen LogP) is 1.41. The smallest absolute Gasteiger partial charge is 0.241 e. The highest BCUT2D eigenvalue weighted by Gasteiger charge is 2.29. The molecule has 1 unspecified atom stereocenters. The van der Waals surface area contributed by atoms with Gasteiger partial charge in [0.1, 0.15) is 0 Å². The van der Waals surface area contributed by atoms with Crippen LogP contribution in [0.3, 0.4) is 0 Å². The van der Waals surface area contributed by atoms with Crippen LogP contribution in [-0.4, -0.2) is 20.5 Å². The van der Waals surface area contributed by atoms with Gasteiger partial charge in [0.25, 0.3) is 0 Å². The zero-order valence-electron chi connectivity index (χ0n) is 10.6. The largest absolute Gasteiger partial charge is 0.327 e. The van der Waals surface area contributed by atoms with Crippen LogP contribution in [0.25, 0.3) is 0 Å². The number of hydrogen-bond acceptors (Lipinski definition) is 3. The maximum Gasteiger partial charge on any atom is 0.241 e. The van der Waals surface area contributed by atoms with Gasteiger partial charge in [-0.1, -0.05) is 25.1 Å². The lowest BCUT2D eigenvalue weighted by Gasteiger charge is -2.14. The Morgan fingerprint density at radius 1 is 1.39 bits per heavy atom. The van der Waals surface area contributed by atoms with Gasteiger partial charge in [0.2, 0.25) is 10.0 Å². The van der Waals surface area contributed by atoms with Gasteiger partial charge in [-0.2, -0.15) is 0 Å². The van der Waals surface area contributed by atoms with Crippen molar-refractivity contribution >= 4 is 10.0 Å². The van der Waals surface area contributed by atoms with Crippen LogP contribution in [0.5, 0.6) is 0 Å². The van der Waals surface area contributed by atoms with Crippen molar-refractivity contribution in [2.45, 2.75) is 49.6 Å². The van der Waals surface area contributed by atoms with Gasteiger partial charge >= 0.3 is 0 Å². The first-order valence-electron chi connectivity index (χ1n) is 6.38. The summed E-state index contributed by atoms with van der Waals surface area (Å²) in [5.74, 6) is 0. The molecule has 1 saturated carbocycles. The Hall–Kier alpha value is -0.910. The van der Waals surface area contributed by atoms with E-state index >= 15 is 0 Å². The Bertz CT molecular complexity index is 509. The van der Waals surface area contributed by atoms with E-state index in [2.05, 4.69) is 4.72 Å². The van der Waals surface area contributed by atoms with E-state index in [1.54, 1.807) is 12.1 Å². The van der Waals surface area contributed by atoms with Gasteiger partial charge in [0, 0.05) is 12.1 Å². The molecule has 1 atom stereocenters. The maximum absolute atomic E-state index is 12.2. The molecule has 0 bridgehead atoms. The molecule has 0 saturated heterocycles. The fraction of sp³-hybridized carbons (Fsp3) is 0.538. The summed E-state index contributed by atoms with van der Waals surface area (Å²) in [4.78, 5) is 0.376. The van der Waals surface area contributed by atoms with E-state index in [4.69, 9.17) is 5.73 Å². The molecule has 100 valence electrons. The van der Waals surface area contributed by atoms with Crippen molar-refractivity contribution in [3.63, 3.8) is 0 Å². The minimum Gasteiger partial charge on any atom is -0.327 e. The Labute approximate surface area is 109 Å². The van der Waals surface area contributed by atoms with Crippen LogP contribution in [0.1, 0.15) is 31.7 Å². The average molecular weight is 268 g/mol. The molecule has 0 amide bonds. The Kier molecular flexibility index (Phi) is 4.04. The second kappa shape index (κ2) is 5.38. The third-order valence-electron chi connectivity index (χ3n) is 3.17. The number of benzene rings is 1. The lowest BCUT2D eigenvalue weighted by atomic mass is 10.1. The molecule has 1 aromatic rings. The van der Waals surface area contributed by atoms with Crippen molar-refractivity contribution in [2.75, 3.05) is 0 Å². The average Bonchev–Trinajstić information content (AvgIpc) is 3.12. The molecule has 1 aliphatic carbocycles. The molecule has 1 fully saturated rings. The molecule has 4 nitrogen and oxygen atoms in total. The first-order valence-corrected chi connectivity index (χ1v) is 7.87. The van der Waals surface area contributed by atoms with Crippen LogP contribution in [-0.2, 0) is 16.4 Å². The highest BCUT2D eigenvalue weighted by atomic mass is 32.2. The van der Waals surface area contributed by atoms with Crippen molar-refractivity contribution in [3.8, 4) is 0 Å². The van der Waals surface area contributed by atoms with E-state index in [9.17, 15) is 8.42 Å². The van der Waals surface area contributed by atoms with Crippen LogP contribution in [0, 0.1) is 0 Å². The van der Waals surface area contributed by atoms with Gasteiger partial charge in [-0.25, -0.2) is 13.1 Å². The summed E-state index contributed by atoms with van der Waals surface area (Å²) in [5, 5.41) is 0. The van der Waals surface area contributed by atoms with Gasteiger partial charge < -0.3 is 5.73 Å². The Morgan fingerprint density at radius 2 is 2.06 bits per heavy atom. The molecule has 3 N–H and O–H groups in total. The molecule has 0 heterocycles. The summed E-state index contributed by atoms with van der Waals surface area (Å²) < 4.78 is 27.2. The molecule has 18 heavy (non-hydrogen) atoms. The SMILES string of the molecule is CCC(N)Cc1ccccc1S(=O)(=O)NC1CC1. The van der Waals surface area contributed by atoms with Crippen LogP contribution in [0.4, 0.5) is 0 Å². The molecule has 0 aliphatic heterocycles. The molecule has 0 radical (unpaired) electrons. The molecule has 5 heteroatoms. The number of sulfonamides is 1. The summed E-state index contributed by atoms with van der Waals surface area (Å²) in [6.45, 7) is 2.00. The van der Waals surface area contributed by atoms with Crippen LogP contribution < -0.4 is 10.5 Å². The van der Waals surface area contributed by atoms with E-state index in [0.717, 1.165) is 24.8 Å². The van der Waals surface area contributed by atoms with E-state index in [1.807, 2.05) is 19.1 Å². The monoisotopic (exact) mass is 268 g/mol. The number of nitrogens with one attached hydrogen (secondary N) is 1. The Balaban J connectivity index is 2.25. The lowest BCUT2D eigenvalue weighted by molar-refractivity contribution is 0.577.